The molecule has 0 aromatic heterocycles. The summed E-state index contributed by atoms with van der Waals surface area (Å²) in [5.41, 5.74) is 1.05. The fraction of sp³-hybridized carbons (Fsp3) is 0.273. The summed E-state index contributed by atoms with van der Waals surface area (Å²) in [5, 5.41) is 23.8. The van der Waals surface area contributed by atoms with Crippen LogP contribution in [0.4, 0.5) is 0 Å². The molecule has 1 rings (SSSR count). The molecule has 0 aliphatic carbocycles. The maximum absolute atomic E-state index is 9.24. The van der Waals surface area contributed by atoms with Gasteiger partial charge in [-0.1, -0.05) is 31.5 Å². The molecular formula is C11H12N2O. The van der Waals surface area contributed by atoms with Crippen LogP contribution >= 0.6 is 0 Å². The van der Waals surface area contributed by atoms with E-state index in [0.29, 0.717) is 5.75 Å². The summed E-state index contributed by atoms with van der Waals surface area (Å²) >= 11 is 0. The Morgan fingerprint density at radius 1 is 1.21 bits per heavy atom. The molecule has 0 aliphatic rings. The van der Waals surface area contributed by atoms with E-state index in [2.05, 4.69) is 6.92 Å². The number of phenols is 1. The average molecular weight is 188 g/mol. The van der Waals surface area contributed by atoms with Gasteiger partial charge in [-0.25, -0.2) is 0 Å². The van der Waals surface area contributed by atoms with Gasteiger partial charge in [0.15, 0.2) is 12.1 Å². The van der Waals surface area contributed by atoms with Crippen molar-refractivity contribution in [2.75, 3.05) is 0 Å². The number of hydrogen-bond acceptors (Lipinski definition) is 3. The third-order valence-corrected chi connectivity index (χ3v) is 1.56. The Labute approximate surface area is 83.8 Å². The van der Waals surface area contributed by atoms with Crippen LogP contribution in [-0.2, 0) is 6.42 Å². The summed E-state index contributed by atoms with van der Waals surface area (Å²) in [6, 6.07) is 9.95. The lowest BCUT2D eigenvalue weighted by Gasteiger charge is -1.99. The first-order valence-electron chi connectivity index (χ1n) is 4.31. The van der Waals surface area contributed by atoms with Gasteiger partial charge in [0.05, 0.1) is 0 Å². The molecule has 72 valence electrons. The quantitative estimate of drug-likeness (QED) is 0.774. The lowest BCUT2D eigenvalue weighted by molar-refractivity contribution is 0.467. The lowest BCUT2D eigenvalue weighted by Crippen LogP contribution is -1.81. The zero-order valence-corrected chi connectivity index (χ0v) is 8.07. The Kier molecular flexibility index (Phi) is 6.55. The number of para-hydroxylation sites is 1. The molecule has 14 heavy (non-hydrogen) atoms. The van der Waals surface area contributed by atoms with Crippen molar-refractivity contribution < 1.29 is 5.11 Å². The Morgan fingerprint density at radius 3 is 2.21 bits per heavy atom. The number of nitriles is 2. The van der Waals surface area contributed by atoms with Crippen LogP contribution in [-0.4, -0.2) is 5.11 Å². The number of aryl methyl sites for hydroxylation is 1. The highest BCUT2D eigenvalue weighted by molar-refractivity contribution is 5.31. The molecule has 0 saturated heterocycles. The molecule has 0 unspecified atom stereocenters. The minimum Gasteiger partial charge on any atom is -0.508 e. The third-order valence-electron chi connectivity index (χ3n) is 1.56. The number of rotatable bonds is 2. The molecular weight excluding hydrogens is 176 g/mol. The van der Waals surface area contributed by atoms with Gasteiger partial charge in [-0.2, -0.15) is 10.5 Å². The second-order valence-corrected chi connectivity index (χ2v) is 2.60. The first-order valence-corrected chi connectivity index (χ1v) is 4.31. The van der Waals surface area contributed by atoms with Crippen molar-refractivity contribution in [3.63, 3.8) is 0 Å². The molecule has 0 fully saturated rings. The molecule has 0 radical (unpaired) electrons. The largest absolute Gasteiger partial charge is 0.508 e. The van der Waals surface area contributed by atoms with Crippen LogP contribution in [0.1, 0.15) is 18.9 Å². The van der Waals surface area contributed by atoms with Crippen LogP contribution in [0.3, 0.4) is 0 Å². The van der Waals surface area contributed by atoms with Crippen molar-refractivity contribution in [3.8, 4) is 17.9 Å². The van der Waals surface area contributed by atoms with E-state index in [1.165, 1.54) is 12.1 Å². The van der Waals surface area contributed by atoms with Crippen LogP contribution < -0.4 is 0 Å². The summed E-state index contributed by atoms with van der Waals surface area (Å²) in [6.45, 7) is 2.10. The molecule has 1 N–H and O–H groups in total. The van der Waals surface area contributed by atoms with E-state index in [1.54, 1.807) is 6.07 Å². The Bertz CT molecular complexity index is 335. The molecule has 0 atom stereocenters. The van der Waals surface area contributed by atoms with Gasteiger partial charge in [-0.15, -0.1) is 0 Å². The predicted octanol–water partition coefficient (Wildman–Crippen LogP) is 2.38. The number of benzene rings is 1. The molecule has 0 bridgehead atoms. The minimum atomic E-state index is 0.421. The topological polar surface area (TPSA) is 67.8 Å². The van der Waals surface area contributed by atoms with Gasteiger partial charge in [0.1, 0.15) is 5.75 Å². The highest BCUT2D eigenvalue weighted by Gasteiger charge is 1.95. The van der Waals surface area contributed by atoms with E-state index in [-0.39, 0.29) is 0 Å². The number of aromatic hydroxyl groups is 1. The standard InChI is InChI=1S/C9H12O.C2N2/c1-2-5-8-6-3-4-7-9(8)10;3-1-2-4/h3-4,6-7,10H,2,5H2,1H3;. The number of nitrogens with zero attached hydrogens (tertiary/aromatic N) is 2. The van der Waals surface area contributed by atoms with E-state index < -0.39 is 0 Å². The van der Waals surface area contributed by atoms with E-state index >= 15 is 0 Å². The highest BCUT2D eigenvalue weighted by atomic mass is 16.3. The van der Waals surface area contributed by atoms with Crippen molar-refractivity contribution in [2.24, 2.45) is 0 Å². The fourth-order valence-corrected chi connectivity index (χ4v) is 0.992. The fourth-order valence-electron chi connectivity index (χ4n) is 0.992. The second-order valence-electron chi connectivity index (χ2n) is 2.60. The van der Waals surface area contributed by atoms with Crippen LogP contribution in [0, 0.1) is 22.7 Å². The lowest BCUT2D eigenvalue weighted by atomic mass is 10.1. The number of phenolic OH excluding ortho intramolecular Hbond substituents is 1. The Hall–Kier alpha value is -2.00. The SMILES string of the molecule is CCCc1ccccc1O.N#CC#N. The van der Waals surface area contributed by atoms with Gasteiger partial charge in [0, 0.05) is 0 Å². The predicted molar refractivity (Wildman–Crippen MR) is 53.3 cm³/mol. The average Bonchev–Trinajstić information content (AvgIpc) is 2.22. The first kappa shape index (κ1) is 12.0. The van der Waals surface area contributed by atoms with Crippen molar-refractivity contribution in [2.45, 2.75) is 19.8 Å². The summed E-state index contributed by atoms with van der Waals surface area (Å²) in [6.07, 6.45) is 2.05. The summed E-state index contributed by atoms with van der Waals surface area (Å²) in [5.74, 6) is 0.421. The second kappa shape index (κ2) is 7.64. The van der Waals surface area contributed by atoms with E-state index in [4.69, 9.17) is 10.5 Å². The Morgan fingerprint density at radius 2 is 1.79 bits per heavy atom. The van der Waals surface area contributed by atoms with Crippen molar-refractivity contribution in [1.82, 2.24) is 0 Å². The maximum atomic E-state index is 9.24. The van der Waals surface area contributed by atoms with E-state index in [0.717, 1.165) is 18.4 Å². The molecule has 0 spiro atoms. The van der Waals surface area contributed by atoms with Crippen LogP contribution in [0.25, 0.3) is 0 Å². The minimum absolute atomic E-state index is 0.421. The maximum Gasteiger partial charge on any atom is 0.181 e. The normalized spacial score (nSPS) is 7.64. The molecule has 3 heteroatoms. The molecule has 3 nitrogen and oxygen atoms in total. The number of hydrogen-bond donors (Lipinski definition) is 1. The summed E-state index contributed by atoms with van der Waals surface area (Å²) in [7, 11) is 0. The molecule has 0 saturated carbocycles. The smallest absolute Gasteiger partial charge is 0.181 e. The third kappa shape index (κ3) is 4.79. The molecule has 1 aromatic rings. The van der Waals surface area contributed by atoms with Crippen LogP contribution in [0.5, 0.6) is 5.75 Å². The van der Waals surface area contributed by atoms with Gasteiger partial charge in [0.25, 0.3) is 0 Å². The van der Waals surface area contributed by atoms with Crippen LogP contribution in [0.15, 0.2) is 24.3 Å². The molecule has 0 aliphatic heterocycles. The molecule has 0 heterocycles. The van der Waals surface area contributed by atoms with Crippen LogP contribution in [0.2, 0.25) is 0 Å². The zero-order valence-electron chi connectivity index (χ0n) is 8.07. The first-order chi connectivity index (χ1) is 6.76. The summed E-state index contributed by atoms with van der Waals surface area (Å²) in [4.78, 5) is 0. The van der Waals surface area contributed by atoms with Gasteiger partial charge < -0.3 is 5.11 Å². The zero-order chi connectivity index (χ0) is 10.8. The molecule has 1 aromatic carbocycles. The monoisotopic (exact) mass is 188 g/mol. The van der Waals surface area contributed by atoms with E-state index in [1.807, 2.05) is 18.2 Å². The van der Waals surface area contributed by atoms with E-state index in [9.17, 15) is 5.11 Å². The van der Waals surface area contributed by atoms with Crippen molar-refractivity contribution >= 4 is 0 Å². The Balaban J connectivity index is 0.000000364. The summed E-state index contributed by atoms with van der Waals surface area (Å²) < 4.78 is 0. The van der Waals surface area contributed by atoms with Gasteiger partial charge in [0.2, 0.25) is 0 Å². The van der Waals surface area contributed by atoms with Gasteiger partial charge in [-0.3, -0.25) is 0 Å². The van der Waals surface area contributed by atoms with Crippen molar-refractivity contribution in [1.29, 1.82) is 10.5 Å². The van der Waals surface area contributed by atoms with Gasteiger partial charge in [-0.05, 0) is 18.1 Å². The van der Waals surface area contributed by atoms with Crippen molar-refractivity contribution in [3.05, 3.63) is 29.8 Å². The highest BCUT2D eigenvalue weighted by Crippen LogP contribution is 2.16. The van der Waals surface area contributed by atoms with Gasteiger partial charge >= 0.3 is 0 Å². The molecule has 0 amide bonds.